The number of amides is 1. The summed E-state index contributed by atoms with van der Waals surface area (Å²) in [6.45, 7) is 11.2. The minimum Gasteiger partial charge on any atom is -0.465 e. The third-order valence-electron chi connectivity index (χ3n) is 12.6. The Balaban J connectivity index is 2.75. The van der Waals surface area contributed by atoms with Gasteiger partial charge in [0.1, 0.15) is 32.5 Å². The summed E-state index contributed by atoms with van der Waals surface area (Å²) in [4.78, 5) is 53.7. The molecule has 2 unspecified atom stereocenters. The standard InChI is InChI=1S/C58H104N2O11/c1-5-9-13-17-20-21-22-23-24-25-26-27-28-29-33-39-54(61)67-48-52(49-68-55(62)40-41-56(65-46-36-30-18-14-10-6-2)66-47-37-31-19-15-11-7-3)50-69-58(64)70-51-53(38-32-16-12-8-4)71-57(63)59-42-45-60-43-34-35-44-60/h20-21,23-24,42,45,52-53,56H,5-19,22,25-41,43-44,46-51H2,1-4H3,(H,59,63)/b21-20-,24-23-,45-42?. The molecule has 1 rings (SSSR count). The average molecular weight is 1010 g/mol. The van der Waals surface area contributed by atoms with Crippen LogP contribution in [0.5, 0.6) is 0 Å². The van der Waals surface area contributed by atoms with E-state index in [1.807, 2.05) is 6.20 Å². The topological polar surface area (TPSA) is 148 Å². The van der Waals surface area contributed by atoms with Crippen LogP contribution < -0.4 is 5.32 Å². The van der Waals surface area contributed by atoms with Crippen molar-refractivity contribution in [3.63, 3.8) is 0 Å². The number of unbranched alkanes of at least 4 members (excludes halogenated alkanes) is 21. The van der Waals surface area contributed by atoms with E-state index in [9.17, 15) is 19.2 Å². The molecule has 0 aromatic heterocycles. The molecular weight excluding hydrogens is 901 g/mol. The normalized spacial score (nSPS) is 13.7. The number of carbonyl (C=O) groups excluding carboxylic acids is 4. The summed E-state index contributed by atoms with van der Waals surface area (Å²) < 4.78 is 40.1. The molecule has 1 saturated heterocycles. The molecule has 71 heavy (non-hydrogen) atoms. The van der Waals surface area contributed by atoms with E-state index in [1.165, 1.54) is 77.0 Å². The quantitative estimate of drug-likeness (QED) is 0.0203. The lowest BCUT2D eigenvalue weighted by atomic mass is 10.1. The summed E-state index contributed by atoms with van der Waals surface area (Å²) in [5.41, 5.74) is 0. The van der Waals surface area contributed by atoms with Crippen molar-refractivity contribution in [2.45, 2.75) is 252 Å². The molecule has 0 bridgehead atoms. The Labute approximate surface area is 432 Å². The molecule has 1 amide bonds. The molecular formula is C58H104N2O11. The van der Waals surface area contributed by atoms with Crippen LogP contribution in [-0.2, 0) is 42.7 Å². The highest BCUT2D eigenvalue weighted by molar-refractivity contribution is 5.70. The molecule has 412 valence electrons. The number of hydrogen-bond donors (Lipinski definition) is 1. The maximum Gasteiger partial charge on any atom is 0.508 e. The first-order valence-corrected chi connectivity index (χ1v) is 28.8. The molecule has 13 heteroatoms. The van der Waals surface area contributed by atoms with Crippen molar-refractivity contribution in [3.8, 4) is 0 Å². The number of hydrogen-bond acceptors (Lipinski definition) is 12. The zero-order chi connectivity index (χ0) is 51.5. The lowest BCUT2D eigenvalue weighted by Crippen LogP contribution is -2.31. The van der Waals surface area contributed by atoms with Crippen molar-refractivity contribution >= 4 is 24.2 Å². The minimum absolute atomic E-state index is 0.0845. The molecule has 0 aromatic rings. The number of allylic oxidation sites excluding steroid dienone is 4. The fourth-order valence-corrected chi connectivity index (χ4v) is 8.09. The van der Waals surface area contributed by atoms with Gasteiger partial charge in [-0.25, -0.2) is 9.59 Å². The van der Waals surface area contributed by atoms with Crippen LogP contribution in [0.1, 0.15) is 240 Å². The smallest absolute Gasteiger partial charge is 0.465 e. The molecule has 1 aliphatic heterocycles. The Morgan fingerprint density at radius 3 is 1.59 bits per heavy atom. The first-order valence-electron chi connectivity index (χ1n) is 28.8. The molecule has 1 N–H and O–H groups in total. The van der Waals surface area contributed by atoms with Gasteiger partial charge in [-0.2, -0.15) is 0 Å². The SMILES string of the molecule is CCCCC/C=C\C/C=C\CCCCCCCC(=O)OCC(COC(=O)CCC(OCCCCCCCC)OCCCCCCCC)COC(=O)OCC(CCCCCC)OC(=O)NC=CN1CCCC1. The number of likely N-dealkylation sites (tertiary alicyclic amines) is 1. The molecule has 0 aliphatic carbocycles. The van der Waals surface area contributed by atoms with E-state index in [4.69, 9.17) is 33.2 Å². The molecule has 13 nitrogen and oxygen atoms in total. The van der Waals surface area contributed by atoms with E-state index in [-0.39, 0.29) is 45.2 Å². The zero-order valence-corrected chi connectivity index (χ0v) is 45.6. The Bertz CT molecular complexity index is 1330. The minimum atomic E-state index is -0.956. The molecule has 0 saturated carbocycles. The van der Waals surface area contributed by atoms with Crippen LogP contribution in [-0.4, -0.2) is 94.2 Å². The summed E-state index contributed by atoms with van der Waals surface area (Å²) in [6, 6.07) is 0. The van der Waals surface area contributed by atoms with Gasteiger partial charge >= 0.3 is 24.2 Å². The average Bonchev–Trinajstić information content (AvgIpc) is 3.89. The van der Waals surface area contributed by atoms with E-state index >= 15 is 0 Å². The summed E-state index contributed by atoms with van der Waals surface area (Å²) in [7, 11) is 0. The number of carbonyl (C=O) groups is 4. The van der Waals surface area contributed by atoms with E-state index in [2.05, 4.69) is 62.2 Å². The fourth-order valence-electron chi connectivity index (χ4n) is 8.09. The van der Waals surface area contributed by atoms with Crippen molar-refractivity contribution < 1.29 is 52.3 Å². The van der Waals surface area contributed by atoms with E-state index in [0.717, 1.165) is 122 Å². The number of ether oxygens (including phenoxy) is 7. The lowest BCUT2D eigenvalue weighted by molar-refractivity contribution is -0.161. The maximum atomic E-state index is 13.1. The Morgan fingerprint density at radius 1 is 0.507 bits per heavy atom. The predicted octanol–water partition coefficient (Wildman–Crippen LogP) is 15.1. The van der Waals surface area contributed by atoms with Crippen molar-refractivity contribution in [3.05, 3.63) is 36.7 Å². The van der Waals surface area contributed by atoms with Gasteiger partial charge in [-0.3, -0.25) is 14.9 Å². The molecule has 2 atom stereocenters. The highest BCUT2D eigenvalue weighted by Crippen LogP contribution is 2.15. The number of alkyl carbamates (subject to hydrolysis) is 1. The van der Waals surface area contributed by atoms with Gasteiger partial charge in [-0.1, -0.05) is 168 Å². The van der Waals surface area contributed by atoms with Gasteiger partial charge in [-0.05, 0) is 77.0 Å². The summed E-state index contributed by atoms with van der Waals surface area (Å²) in [5, 5.41) is 2.65. The molecule has 1 aliphatic rings. The summed E-state index contributed by atoms with van der Waals surface area (Å²) in [5.74, 6) is -1.42. The van der Waals surface area contributed by atoms with Crippen molar-refractivity contribution in [1.29, 1.82) is 0 Å². The molecule has 0 aromatic carbocycles. The van der Waals surface area contributed by atoms with Gasteiger partial charge in [-0.15, -0.1) is 0 Å². The molecule has 0 spiro atoms. The Morgan fingerprint density at radius 2 is 0.986 bits per heavy atom. The van der Waals surface area contributed by atoms with Gasteiger partial charge in [0, 0.05) is 51.5 Å². The summed E-state index contributed by atoms with van der Waals surface area (Å²) in [6.07, 6.45) is 42.9. The number of nitrogens with zero attached hydrogens (tertiary/aromatic N) is 1. The number of esters is 2. The van der Waals surface area contributed by atoms with Crippen LogP contribution in [0.15, 0.2) is 36.7 Å². The van der Waals surface area contributed by atoms with Crippen LogP contribution in [0.4, 0.5) is 9.59 Å². The first-order chi connectivity index (χ1) is 34.8. The monoisotopic (exact) mass is 1000 g/mol. The highest BCUT2D eigenvalue weighted by atomic mass is 16.7. The maximum absolute atomic E-state index is 13.1. The summed E-state index contributed by atoms with van der Waals surface area (Å²) >= 11 is 0. The van der Waals surface area contributed by atoms with Crippen molar-refractivity contribution in [1.82, 2.24) is 10.2 Å². The molecule has 0 radical (unpaired) electrons. The van der Waals surface area contributed by atoms with E-state index < -0.39 is 36.5 Å². The third-order valence-corrected chi connectivity index (χ3v) is 12.6. The first kappa shape index (κ1) is 65.4. The molecule has 1 fully saturated rings. The highest BCUT2D eigenvalue weighted by Gasteiger charge is 2.22. The number of rotatable bonds is 49. The van der Waals surface area contributed by atoms with Crippen LogP contribution >= 0.6 is 0 Å². The van der Waals surface area contributed by atoms with Gasteiger partial charge in [0.2, 0.25) is 0 Å². The zero-order valence-electron chi connectivity index (χ0n) is 45.6. The molecule has 1 heterocycles. The van der Waals surface area contributed by atoms with Crippen LogP contribution in [0.3, 0.4) is 0 Å². The lowest BCUT2D eigenvalue weighted by Gasteiger charge is -2.20. The largest absolute Gasteiger partial charge is 0.508 e. The van der Waals surface area contributed by atoms with Gasteiger partial charge in [0.25, 0.3) is 0 Å². The van der Waals surface area contributed by atoms with E-state index in [0.29, 0.717) is 26.1 Å². The number of nitrogens with one attached hydrogen (secondary N) is 1. The van der Waals surface area contributed by atoms with Gasteiger partial charge < -0.3 is 38.1 Å². The third kappa shape index (κ3) is 43.7. The predicted molar refractivity (Wildman–Crippen MR) is 286 cm³/mol. The van der Waals surface area contributed by atoms with Crippen molar-refractivity contribution in [2.75, 3.05) is 52.7 Å². The second-order valence-electron chi connectivity index (χ2n) is 19.4. The van der Waals surface area contributed by atoms with Gasteiger partial charge in [0.05, 0.1) is 12.3 Å². The van der Waals surface area contributed by atoms with E-state index in [1.54, 1.807) is 6.20 Å². The second kappa shape index (κ2) is 50.0. The van der Waals surface area contributed by atoms with Crippen LogP contribution in [0, 0.1) is 5.92 Å². The Hall–Kier alpha value is -3.58. The van der Waals surface area contributed by atoms with Gasteiger partial charge in [0.15, 0.2) is 6.29 Å². The Kier molecular flexibility index (Phi) is 46.1. The van der Waals surface area contributed by atoms with Crippen LogP contribution in [0.25, 0.3) is 0 Å². The van der Waals surface area contributed by atoms with Crippen LogP contribution in [0.2, 0.25) is 0 Å². The van der Waals surface area contributed by atoms with Crippen molar-refractivity contribution in [2.24, 2.45) is 5.92 Å². The fraction of sp³-hybridized carbons (Fsp3) is 0.828. The second-order valence-corrected chi connectivity index (χ2v) is 19.4.